The van der Waals surface area contributed by atoms with Gasteiger partial charge in [-0.2, -0.15) is 4.72 Å². The van der Waals surface area contributed by atoms with E-state index in [-0.39, 0.29) is 22.9 Å². The molecule has 174 valence electrons. The molecule has 1 atom stereocenters. The fourth-order valence-corrected chi connectivity index (χ4v) is 5.27. The summed E-state index contributed by atoms with van der Waals surface area (Å²) in [5, 5.41) is 2.70. The highest BCUT2D eigenvalue weighted by Gasteiger charge is 2.41. The number of nitrogens with one attached hydrogen (secondary N) is 2. The number of carbonyl (C=O) groups excluding carboxylic acids is 1. The second-order valence-electron chi connectivity index (χ2n) is 8.24. The molecule has 3 aromatic rings. The number of halogens is 1. The fraction of sp³-hybridized carbons (Fsp3) is 0.273. The number of hydrogen-bond acceptors (Lipinski definition) is 6. The molecule has 4 rings (SSSR count). The minimum Gasteiger partial charge on any atom is -0.487 e. The van der Waals surface area contributed by atoms with Crippen LogP contribution in [0.5, 0.6) is 5.75 Å². The van der Waals surface area contributed by atoms with Crippen LogP contribution in [0.1, 0.15) is 23.1 Å². The summed E-state index contributed by atoms with van der Waals surface area (Å²) in [5.41, 5.74) is 0.0179. The lowest BCUT2D eigenvalue weighted by Crippen LogP contribution is -2.46. The fourth-order valence-electron chi connectivity index (χ4n) is 3.71. The van der Waals surface area contributed by atoms with Crippen LogP contribution in [-0.4, -0.2) is 44.6 Å². The smallest absolute Gasteiger partial charge is 0.276 e. The Bertz CT molecular complexity index is 1320. The minimum atomic E-state index is -4.04. The molecular formula is C22H24FN5O4S. The van der Waals surface area contributed by atoms with Gasteiger partial charge in [-0.3, -0.25) is 9.78 Å². The van der Waals surface area contributed by atoms with E-state index in [1.807, 2.05) is 0 Å². The average Bonchev–Trinajstić information content (AvgIpc) is 3.06. The molecule has 2 aromatic heterocycles. The summed E-state index contributed by atoms with van der Waals surface area (Å²) in [7, 11) is 0.886. The number of aryl methyl sites for hydroxylation is 1. The quantitative estimate of drug-likeness (QED) is 0.603. The summed E-state index contributed by atoms with van der Waals surface area (Å²) in [6.45, 7) is 1.58. The van der Waals surface area contributed by atoms with E-state index in [4.69, 9.17) is 4.74 Å². The van der Waals surface area contributed by atoms with Crippen LogP contribution in [0.25, 0.3) is 0 Å². The molecule has 1 aromatic carbocycles. The Hall–Kier alpha value is -3.44. The molecule has 0 aliphatic carbocycles. The van der Waals surface area contributed by atoms with Crippen molar-refractivity contribution in [1.29, 1.82) is 0 Å². The number of carbonyl (C=O) groups is 1. The number of ether oxygens (including phenoxy) is 1. The summed E-state index contributed by atoms with van der Waals surface area (Å²) in [6.07, 6.45) is 2.89. The molecule has 0 saturated carbocycles. The number of aromatic nitrogens is 2. The first-order chi connectivity index (χ1) is 15.5. The number of rotatable bonds is 4. The number of hydrogen-bond donors (Lipinski definition) is 2. The predicted molar refractivity (Wildman–Crippen MR) is 121 cm³/mol. The maximum atomic E-state index is 14.0. The van der Waals surface area contributed by atoms with Crippen LogP contribution in [0.15, 0.2) is 53.7 Å². The van der Waals surface area contributed by atoms with Crippen molar-refractivity contribution < 1.29 is 22.3 Å². The largest absolute Gasteiger partial charge is 0.487 e. The lowest BCUT2D eigenvalue weighted by Gasteiger charge is -2.27. The summed E-state index contributed by atoms with van der Waals surface area (Å²) in [6, 6.07) is 9.36. The van der Waals surface area contributed by atoms with Gasteiger partial charge in [-0.1, -0.05) is 6.07 Å². The molecule has 1 aliphatic rings. The number of sulfonamides is 1. The molecular weight excluding hydrogens is 449 g/mol. The van der Waals surface area contributed by atoms with E-state index in [0.717, 1.165) is 0 Å². The summed E-state index contributed by atoms with van der Waals surface area (Å²) < 4.78 is 50.3. The van der Waals surface area contributed by atoms with Gasteiger partial charge < -0.3 is 19.5 Å². The third-order valence-corrected chi connectivity index (χ3v) is 6.98. The highest BCUT2D eigenvalue weighted by Crippen LogP contribution is 2.36. The second kappa shape index (κ2) is 8.16. The number of amides is 1. The maximum Gasteiger partial charge on any atom is 0.276 e. The van der Waals surface area contributed by atoms with Gasteiger partial charge in [0, 0.05) is 39.2 Å². The zero-order valence-electron chi connectivity index (χ0n) is 18.6. The van der Waals surface area contributed by atoms with E-state index in [9.17, 15) is 17.6 Å². The van der Waals surface area contributed by atoms with Crippen LogP contribution >= 0.6 is 0 Å². The summed E-state index contributed by atoms with van der Waals surface area (Å²) in [5.74, 6) is -1.08. The Kier molecular flexibility index (Phi) is 5.62. The van der Waals surface area contributed by atoms with Crippen LogP contribution in [0.3, 0.4) is 0 Å². The Morgan fingerprint density at radius 3 is 2.73 bits per heavy atom. The van der Waals surface area contributed by atoms with E-state index in [2.05, 4.69) is 15.0 Å². The molecule has 1 amide bonds. The lowest BCUT2D eigenvalue weighted by molar-refractivity contribution is 0.101. The molecule has 0 spiro atoms. The van der Waals surface area contributed by atoms with Crippen molar-refractivity contribution in [3.05, 3.63) is 66.0 Å². The van der Waals surface area contributed by atoms with Crippen LogP contribution in [0.2, 0.25) is 0 Å². The van der Waals surface area contributed by atoms with Gasteiger partial charge in [-0.25, -0.2) is 12.8 Å². The van der Waals surface area contributed by atoms with Gasteiger partial charge in [0.05, 0.1) is 11.4 Å². The number of pyridine rings is 1. The SMILES string of the molecule is CN(C)c1cc(NC(=O)c2c3c(cn2C)S(=O)(=O)N[C@@](C)(c2ccccn2)CO3)ccc1F. The van der Waals surface area contributed by atoms with Crippen molar-refractivity contribution >= 4 is 27.3 Å². The third-order valence-electron chi connectivity index (χ3n) is 5.39. The normalized spacial score (nSPS) is 19.2. The Morgan fingerprint density at radius 2 is 2.06 bits per heavy atom. The molecule has 11 heteroatoms. The Labute approximate surface area is 191 Å². The van der Waals surface area contributed by atoms with E-state index in [1.54, 1.807) is 57.4 Å². The standard InChI is InChI=1S/C22H24FN5O4S/c1-22(18-7-5-6-10-24-18)13-32-20-17(33(30,31)26-22)12-28(4)19(20)21(29)25-14-8-9-15(23)16(11-14)27(2)3/h5-12,26H,13H2,1-4H3,(H,25,29)/t22-/m1/s1. The van der Waals surface area contributed by atoms with Gasteiger partial charge in [0.1, 0.15) is 22.9 Å². The van der Waals surface area contributed by atoms with Gasteiger partial charge in [0.2, 0.25) is 10.0 Å². The molecule has 3 heterocycles. The van der Waals surface area contributed by atoms with Crippen LogP contribution in [-0.2, 0) is 22.6 Å². The van der Waals surface area contributed by atoms with Crippen LogP contribution < -0.4 is 19.7 Å². The zero-order valence-corrected chi connectivity index (χ0v) is 19.4. The van der Waals surface area contributed by atoms with Crippen LogP contribution in [0, 0.1) is 5.82 Å². The van der Waals surface area contributed by atoms with E-state index in [1.165, 1.54) is 29.0 Å². The summed E-state index contributed by atoms with van der Waals surface area (Å²) >= 11 is 0. The van der Waals surface area contributed by atoms with Gasteiger partial charge in [-0.05, 0) is 37.3 Å². The van der Waals surface area contributed by atoms with Crippen molar-refractivity contribution in [1.82, 2.24) is 14.3 Å². The second-order valence-corrected chi connectivity index (χ2v) is 9.89. The monoisotopic (exact) mass is 473 g/mol. The Balaban J connectivity index is 1.70. The van der Waals surface area contributed by atoms with Gasteiger partial charge in [0.15, 0.2) is 11.4 Å². The number of anilines is 2. The molecule has 0 saturated heterocycles. The molecule has 0 radical (unpaired) electrons. The lowest BCUT2D eigenvalue weighted by atomic mass is 10.00. The molecule has 0 unspecified atom stereocenters. The van der Waals surface area contributed by atoms with Gasteiger partial charge in [0.25, 0.3) is 5.91 Å². The molecule has 2 N–H and O–H groups in total. The van der Waals surface area contributed by atoms with Crippen LogP contribution in [0.4, 0.5) is 15.8 Å². The minimum absolute atomic E-state index is 0.0244. The van der Waals surface area contributed by atoms with Crippen molar-refractivity contribution in [2.45, 2.75) is 17.4 Å². The zero-order chi connectivity index (χ0) is 24.0. The topological polar surface area (TPSA) is 106 Å². The molecule has 9 nitrogen and oxygen atoms in total. The molecule has 0 fully saturated rings. The first-order valence-electron chi connectivity index (χ1n) is 10.1. The first-order valence-corrected chi connectivity index (χ1v) is 11.6. The van der Waals surface area contributed by atoms with E-state index in [0.29, 0.717) is 17.1 Å². The highest BCUT2D eigenvalue weighted by molar-refractivity contribution is 7.89. The van der Waals surface area contributed by atoms with Gasteiger partial charge >= 0.3 is 0 Å². The van der Waals surface area contributed by atoms with Crippen molar-refractivity contribution in [2.75, 3.05) is 30.9 Å². The van der Waals surface area contributed by atoms with Crippen molar-refractivity contribution in [3.63, 3.8) is 0 Å². The number of nitrogens with zero attached hydrogens (tertiary/aromatic N) is 3. The van der Waals surface area contributed by atoms with Crippen molar-refractivity contribution in [3.8, 4) is 5.75 Å². The maximum absolute atomic E-state index is 14.0. The number of benzene rings is 1. The molecule has 0 bridgehead atoms. The predicted octanol–water partition coefficient (Wildman–Crippen LogP) is 2.46. The first kappa shape index (κ1) is 22.7. The highest BCUT2D eigenvalue weighted by atomic mass is 32.2. The molecule has 1 aliphatic heterocycles. The van der Waals surface area contributed by atoms with Crippen molar-refractivity contribution in [2.24, 2.45) is 7.05 Å². The molecule has 33 heavy (non-hydrogen) atoms. The number of fused-ring (bicyclic) bond motifs is 1. The Morgan fingerprint density at radius 1 is 1.30 bits per heavy atom. The van der Waals surface area contributed by atoms with Gasteiger partial charge in [-0.15, -0.1) is 0 Å². The van der Waals surface area contributed by atoms with E-state index < -0.39 is 27.3 Å². The third kappa shape index (κ3) is 4.16. The van der Waals surface area contributed by atoms with E-state index >= 15 is 0 Å². The average molecular weight is 474 g/mol. The summed E-state index contributed by atoms with van der Waals surface area (Å²) in [4.78, 5) is 18.8.